The van der Waals surface area contributed by atoms with Crippen LogP contribution in [0.25, 0.3) is 0 Å². The van der Waals surface area contributed by atoms with Gasteiger partial charge in [0, 0.05) is 52.2 Å². The van der Waals surface area contributed by atoms with E-state index in [1.807, 2.05) is 18.2 Å². The van der Waals surface area contributed by atoms with E-state index in [9.17, 15) is 0 Å². The van der Waals surface area contributed by atoms with Crippen molar-refractivity contribution < 1.29 is 0 Å². The van der Waals surface area contributed by atoms with Crippen LogP contribution in [0.4, 0.5) is 5.69 Å². The summed E-state index contributed by atoms with van der Waals surface area (Å²) in [6, 6.07) is 8.06. The van der Waals surface area contributed by atoms with Crippen LogP contribution in [-0.2, 0) is 13.0 Å². The summed E-state index contributed by atoms with van der Waals surface area (Å²) in [5.74, 6) is 2.01. The number of hydrogen-bond donors (Lipinski definition) is 1. The summed E-state index contributed by atoms with van der Waals surface area (Å²) in [4.78, 5) is 9.48. The molecular weight excluding hydrogens is 501 g/mol. The average Bonchev–Trinajstić information content (AvgIpc) is 3.19. The molecule has 0 spiro atoms. The van der Waals surface area contributed by atoms with Crippen molar-refractivity contribution in [1.29, 1.82) is 0 Å². The zero-order valence-electron chi connectivity index (χ0n) is 17.2. The topological polar surface area (TPSA) is 61.6 Å². The van der Waals surface area contributed by atoms with E-state index < -0.39 is 0 Å². The van der Waals surface area contributed by atoms with E-state index >= 15 is 0 Å². The van der Waals surface area contributed by atoms with Crippen LogP contribution >= 0.6 is 35.6 Å². The van der Waals surface area contributed by atoms with E-state index in [-0.39, 0.29) is 24.0 Å². The summed E-state index contributed by atoms with van der Waals surface area (Å²) in [5, 5.41) is 12.5. The summed E-state index contributed by atoms with van der Waals surface area (Å²) in [7, 11) is 0. The standard InChI is InChI=1S/C20H30ClN7.HI/c1-3-9-22-20(23-10-11-28-16-24-25-19(28)4-2)27-14-12-26(13-15-27)18-8-6-5-7-17(18)21;/h5-8,16H,3-4,9-15H2,1-2H3,(H,22,23);1H. The van der Waals surface area contributed by atoms with Gasteiger partial charge < -0.3 is 19.7 Å². The Labute approximate surface area is 195 Å². The molecule has 0 bridgehead atoms. The first kappa shape index (κ1) is 23.7. The minimum atomic E-state index is 0. The maximum atomic E-state index is 6.36. The van der Waals surface area contributed by atoms with Gasteiger partial charge in [-0.2, -0.15) is 0 Å². The van der Waals surface area contributed by atoms with E-state index in [1.54, 1.807) is 6.33 Å². The van der Waals surface area contributed by atoms with Crippen LogP contribution in [0, 0.1) is 0 Å². The summed E-state index contributed by atoms with van der Waals surface area (Å²) < 4.78 is 2.10. The van der Waals surface area contributed by atoms with Gasteiger partial charge in [-0.15, -0.1) is 34.2 Å². The highest BCUT2D eigenvalue weighted by molar-refractivity contribution is 14.0. The number of piperazine rings is 1. The van der Waals surface area contributed by atoms with Crippen LogP contribution in [0.15, 0.2) is 35.6 Å². The van der Waals surface area contributed by atoms with Gasteiger partial charge in [-0.3, -0.25) is 4.99 Å². The zero-order chi connectivity index (χ0) is 19.8. The van der Waals surface area contributed by atoms with Crippen LogP contribution in [0.1, 0.15) is 26.1 Å². The maximum absolute atomic E-state index is 6.36. The zero-order valence-corrected chi connectivity index (χ0v) is 20.3. The molecule has 1 aliphatic heterocycles. The fourth-order valence-electron chi connectivity index (χ4n) is 3.38. The third-order valence-corrected chi connectivity index (χ3v) is 5.22. The van der Waals surface area contributed by atoms with Crippen LogP contribution < -0.4 is 10.2 Å². The number of guanidine groups is 1. The largest absolute Gasteiger partial charge is 0.367 e. The molecule has 29 heavy (non-hydrogen) atoms. The molecule has 3 rings (SSSR count). The molecule has 0 atom stereocenters. The molecule has 0 radical (unpaired) electrons. The lowest BCUT2D eigenvalue weighted by atomic mass is 10.2. The van der Waals surface area contributed by atoms with E-state index in [0.29, 0.717) is 0 Å². The molecule has 0 unspecified atom stereocenters. The highest BCUT2D eigenvalue weighted by atomic mass is 127. The Kier molecular flexibility index (Phi) is 9.99. The molecule has 1 N–H and O–H groups in total. The Morgan fingerprint density at radius 1 is 1.17 bits per heavy atom. The molecule has 1 aliphatic rings. The molecule has 160 valence electrons. The molecule has 9 heteroatoms. The highest BCUT2D eigenvalue weighted by Crippen LogP contribution is 2.26. The monoisotopic (exact) mass is 531 g/mol. The molecule has 1 aromatic heterocycles. The number of hydrogen-bond acceptors (Lipinski definition) is 4. The van der Waals surface area contributed by atoms with Gasteiger partial charge in [0.25, 0.3) is 0 Å². The molecule has 1 saturated heterocycles. The number of benzene rings is 1. The normalized spacial score (nSPS) is 14.7. The van der Waals surface area contributed by atoms with Gasteiger partial charge in [-0.1, -0.05) is 37.6 Å². The third-order valence-electron chi connectivity index (χ3n) is 4.91. The predicted molar refractivity (Wildman–Crippen MR) is 131 cm³/mol. The number of para-hydroxylation sites is 1. The van der Waals surface area contributed by atoms with Crippen LogP contribution in [0.5, 0.6) is 0 Å². The lowest BCUT2D eigenvalue weighted by Crippen LogP contribution is -2.53. The maximum Gasteiger partial charge on any atom is 0.194 e. The van der Waals surface area contributed by atoms with Crippen molar-refractivity contribution in [1.82, 2.24) is 25.0 Å². The number of aromatic nitrogens is 3. The minimum absolute atomic E-state index is 0. The molecule has 0 saturated carbocycles. The van der Waals surface area contributed by atoms with Gasteiger partial charge in [0.1, 0.15) is 12.2 Å². The van der Waals surface area contributed by atoms with Crippen molar-refractivity contribution in [2.75, 3.05) is 44.2 Å². The van der Waals surface area contributed by atoms with Crippen molar-refractivity contribution in [3.8, 4) is 0 Å². The number of nitrogens with one attached hydrogen (secondary N) is 1. The molecular formula is C20H31ClIN7. The number of aryl methyl sites for hydroxylation is 1. The highest BCUT2D eigenvalue weighted by Gasteiger charge is 2.21. The first-order valence-electron chi connectivity index (χ1n) is 10.1. The lowest BCUT2D eigenvalue weighted by Gasteiger charge is -2.38. The van der Waals surface area contributed by atoms with Crippen molar-refractivity contribution >= 4 is 47.2 Å². The minimum Gasteiger partial charge on any atom is -0.367 e. The number of halogens is 2. The van der Waals surface area contributed by atoms with Gasteiger partial charge in [0.2, 0.25) is 0 Å². The smallest absolute Gasteiger partial charge is 0.194 e. The molecule has 2 aromatic rings. The first-order valence-corrected chi connectivity index (χ1v) is 10.5. The quantitative estimate of drug-likeness (QED) is 0.338. The molecule has 0 amide bonds. The van der Waals surface area contributed by atoms with E-state index in [1.165, 1.54) is 0 Å². The fourth-order valence-corrected chi connectivity index (χ4v) is 3.64. The summed E-state index contributed by atoms with van der Waals surface area (Å²) >= 11 is 6.36. The van der Waals surface area contributed by atoms with E-state index in [2.05, 4.69) is 49.8 Å². The van der Waals surface area contributed by atoms with Gasteiger partial charge in [0.05, 0.1) is 10.7 Å². The van der Waals surface area contributed by atoms with Crippen molar-refractivity contribution in [3.63, 3.8) is 0 Å². The average molecular weight is 532 g/mol. The van der Waals surface area contributed by atoms with Crippen LogP contribution in [0.2, 0.25) is 5.02 Å². The first-order chi connectivity index (χ1) is 13.7. The number of nitrogens with zero attached hydrogens (tertiary/aromatic N) is 6. The Hall–Kier alpha value is -1.55. The Balaban J connectivity index is 0.00000300. The molecule has 1 aromatic carbocycles. The summed E-state index contributed by atoms with van der Waals surface area (Å²) in [6.07, 6.45) is 3.72. The van der Waals surface area contributed by atoms with Gasteiger partial charge in [0.15, 0.2) is 5.96 Å². The SMILES string of the molecule is CCCN=C(NCCn1cnnc1CC)N1CCN(c2ccccc2Cl)CC1.I. The Bertz CT molecular complexity index is 772. The Morgan fingerprint density at radius 2 is 1.93 bits per heavy atom. The number of rotatable bonds is 7. The second kappa shape index (κ2) is 12.2. The van der Waals surface area contributed by atoms with Crippen LogP contribution in [0.3, 0.4) is 0 Å². The van der Waals surface area contributed by atoms with E-state index in [0.717, 1.165) is 81.1 Å². The fraction of sp³-hybridized carbons (Fsp3) is 0.550. The predicted octanol–water partition coefficient (Wildman–Crippen LogP) is 3.29. The van der Waals surface area contributed by atoms with Crippen molar-refractivity contribution in [2.24, 2.45) is 4.99 Å². The summed E-state index contributed by atoms with van der Waals surface area (Å²) in [6.45, 7) is 10.4. The Morgan fingerprint density at radius 3 is 2.62 bits per heavy atom. The van der Waals surface area contributed by atoms with Gasteiger partial charge in [-0.05, 0) is 18.6 Å². The van der Waals surface area contributed by atoms with Gasteiger partial charge >= 0.3 is 0 Å². The molecule has 7 nitrogen and oxygen atoms in total. The second-order valence-electron chi connectivity index (χ2n) is 6.85. The number of aliphatic imine (C=N–C) groups is 1. The van der Waals surface area contributed by atoms with Crippen molar-refractivity contribution in [2.45, 2.75) is 33.2 Å². The number of anilines is 1. The molecule has 2 heterocycles. The lowest BCUT2D eigenvalue weighted by molar-refractivity contribution is 0.370. The second-order valence-corrected chi connectivity index (χ2v) is 7.26. The van der Waals surface area contributed by atoms with Crippen LogP contribution in [-0.4, -0.2) is 64.9 Å². The molecule has 1 fully saturated rings. The third kappa shape index (κ3) is 6.47. The van der Waals surface area contributed by atoms with Crippen molar-refractivity contribution in [3.05, 3.63) is 41.4 Å². The summed E-state index contributed by atoms with van der Waals surface area (Å²) in [5.41, 5.74) is 1.11. The van der Waals surface area contributed by atoms with Gasteiger partial charge in [-0.25, -0.2) is 0 Å². The van der Waals surface area contributed by atoms with E-state index in [4.69, 9.17) is 16.6 Å². The molecule has 0 aliphatic carbocycles.